The normalized spacial score (nSPS) is 10.8. The van der Waals surface area contributed by atoms with Crippen LogP contribution in [0.5, 0.6) is 0 Å². The predicted molar refractivity (Wildman–Crippen MR) is 169 cm³/mol. The Labute approximate surface area is 251 Å². The van der Waals surface area contributed by atoms with Crippen molar-refractivity contribution in [3.63, 3.8) is 0 Å². The van der Waals surface area contributed by atoms with Gasteiger partial charge in [-0.25, -0.2) is 4.98 Å². The average molecular weight is 587 g/mol. The summed E-state index contributed by atoms with van der Waals surface area (Å²) in [7, 11) is 0. The lowest BCUT2D eigenvalue weighted by molar-refractivity contribution is -0.138. The number of aryl methyl sites for hydroxylation is 5. The van der Waals surface area contributed by atoms with E-state index in [2.05, 4.69) is 75.4 Å². The maximum atomic E-state index is 12.2. The molecular formula is C36H37F3N2O2. The first-order valence-electron chi connectivity index (χ1n) is 13.8. The molecule has 3 N–H and O–H groups in total. The Kier molecular flexibility index (Phi) is 10.8. The van der Waals surface area contributed by atoms with Gasteiger partial charge in [-0.05, 0) is 95.6 Å². The molecule has 1 heterocycles. The fourth-order valence-corrected chi connectivity index (χ4v) is 4.82. The molecule has 5 rings (SSSR count). The Balaban J connectivity index is 0.000000186. The minimum Gasteiger partial charge on any atom is -0.398 e. The van der Waals surface area contributed by atoms with Gasteiger partial charge in [-0.15, -0.1) is 0 Å². The number of hydrogen-bond acceptors (Lipinski definition) is 4. The number of hydrogen-bond donors (Lipinski definition) is 2. The van der Waals surface area contributed by atoms with E-state index in [1.807, 2.05) is 26.0 Å². The van der Waals surface area contributed by atoms with Crippen LogP contribution in [0.25, 0.3) is 22.2 Å². The molecule has 0 amide bonds. The molecular weight excluding hydrogens is 549 g/mol. The Morgan fingerprint density at radius 1 is 0.791 bits per heavy atom. The van der Waals surface area contributed by atoms with E-state index in [0.717, 1.165) is 34.0 Å². The van der Waals surface area contributed by atoms with E-state index in [4.69, 9.17) is 15.8 Å². The van der Waals surface area contributed by atoms with Gasteiger partial charge in [-0.2, -0.15) is 13.2 Å². The number of benzene rings is 4. The van der Waals surface area contributed by atoms with Crippen molar-refractivity contribution in [3.8, 4) is 11.3 Å². The van der Waals surface area contributed by atoms with Crippen LogP contribution in [0.1, 0.15) is 56.2 Å². The smallest absolute Gasteiger partial charge is 0.398 e. The van der Waals surface area contributed by atoms with E-state index in [1.54, 1.807) is 6.92 Å². The summed E-state index contributed by atoms with van der Waals surface area (Å²) in [6.45, 7) is 11.3. The lowest BCUT2D eigenvalue weighted by Gasteiger charge is -2.12. The van der Waals surface area contributed by atoms with Crippen molar-refractivity contribution in [2.45, 2.75) is 54.3 Å². The zero-order valence-electron chi connectivity index (χ0n) is 25.3. The number of anilines is 1. The van der Waals surface area contributed by atoms with Gasteiger partial charge in [0, 0.05) is 27.8 Å². The standard InChI is InChI=1S/C18H17N.C10H12O.C8H8F3NO/c1-12-9-13(2)11-15(10-12)17-8-7-16-14(3)5-4-6-18(16)19-17;1-7-4-8(2)6-10(5-7)9(3)11;9-8(10,11)6-2-1-3-7(12)5(6)4-13/h4-11H,1-3H3;4-6H,1-3H3;1-3,13H,4,12H2. The van der Waals surface area contributed by atoms with Gasteiger partial charge in [0.25, 0.3) is 0 Å². The maximum absolute atomic E-state index is 12.2. The van der Waals surface area contributed by atoms with Gasteiger partial charge in [-0.1, -0.05) is 58.7 Å². The van der Waals surface area contributed by atoms with Gasteiger partial charge >= 0.3 is 6.18 Å². The molecule has 0 aliphatic heterocycles. The van der Waals surface area contributed by atoms with Crippen LogP contribution in [-0.2, 0) is 12.8 Å². The maximum Gasteiger partial charge on any atom is 0.416 e. The molecule has 0 aliphatic rings. The number of carbonyl (C=O) groups is 1. The summed E-state index contributed by atoms with van der Waals surface area (Å²) in [5, 5.41) is 9.91. The highest BCUT2D eigenvalue weighted by atomic mass is 19.4. The molecule has 0 saturated carbocycles. The third-order valence-electron chi connectivity index (χ3n) is 6.77. The third-order valence-corrected chi connectivity index (χ3v) is 6.77. The zero-order valence-corrected chi connectivity index (χ0v) is 25.3. The minimum absolute atomic E-state index is 0.0441. The summed E-state index contributed by atoms with van der Waals surface area (Å²) in [5.41, 5.74) is 14.3. The molecule has 43 heavy (non-hydrogen) atoms. The number of nitrogens with two attached hydrogens (primary N) is 1. The van der Waals surface area contributed by atoms with Crippen LogP contribution in [0, 0.1) is 34.6 Å². The van der Waals surface area contributed by atoms with Crippen molar-refractivity contribution < 1.29 is 23.1 Å². The highest BCUT2D eigenvalue weighted by Crippen LogP contribution is 2.34. The first-order valence-corrected chi connectivity index (χ1v) is 13.8. The molecule has 0 atom stereocenters. The van der Waals surface area contributed by atoms with Gasteiger partial charge < -0.3 is 10.8 Å². The number of ketones is 1. The average Bonchev–Trinajstić information content (AvgIpc) is 2.92. The van der Waals surface area contributed by atoms with Crippen LogP contribution < -0.4 is 5.73 Å². The Morgan fingerprint density at radius 3 is 1.86 bits per heavy atom. The zero-order chi connectivity index (χ0) is 31.9. The summed E-state index contributed by atoms with van der Waals surface area (Å²) in [6.07, 6.45) is -4.46. The van der Waals surface area contributed by atoms with E-state index in [9.17, 15) is 18.0 Å². The lowest BCUT2D eigenvalue weighted by Crippen LogP contribution is -2.11. The SMILES string of the molecule is CC(=O)c1cc(C)cc(C)c1.Cc1cc(C)cc(-c2ccc3c(C)cccc3n2)c1.Nc1cccc(C(F)(F)F)c1CO. The number of Topliss-reactive ketones (excluding diaryl/α,β-unsaturated/α-hetero) is 1. The number of pyridine rings is 1. The molecule has 0 bridgehead atoms. The van der Waals surface area contributed by atoms with Gasteiger partial charge in [0.05, 0.1) is 23.4 Å². The largest absolute Gasteiger partial charge is 0.416 e. The van der Waals surface area contributed by atoms with Crippen molar-refractivity contribution in [1.82, 2.24) is 4.98 Å². The van der Waals surface area contributed by atoms with Crippen LogP contribution in [0.3, 0.4) is 0 Å². The molecule has 5 aromatic rings. The molecule has 4 aromatic carbocycles. The molecule has 1 aromatic heterocycles. The predicted octanol–water partition coefficient (Wildman–Crippen LogP) is 9.11. The molecule has 0 aliphatic carbocycles. The molecule has 224 valence electrons. The summed E-state index contributed by atoms with van der Waals surface area (Å²) in [6, 6.07) is 26.4. The van der Waals surface area contributed by atoms with Crippen LogP contribution in [0.15, 0.2) is 84.9 Å². The molecule has 0 radical (unpaired) electrons. The van der Waals surface area contributed by atoms with Gasteiger partial charge in [-0.3, -0.25) is 4.79 Å². The Hall–Kier alpha value is -4.49. The minimum atomic E-state index is -4.46. The molecule has 4 nitrogen and oxygen atoms in total. The first kappa shape index (κ1) is 33.0. The molecule has 0 fully saturated rings. The van der Waals surface area contributed by atoms with Crippen molar-refractivity contribution in [1.29, 1.82) is 0 Å². The van der Waals surface area contributed by atoms with Crippen molar-refractivity contribution in [3.05, 3.63) is 129 Å². The van der Waals surface area contributed by atoms with Gasteiger partial charge in [0.15, 0.2) is 5.78 Å². The van der Waals surface area contributed by atoms with Crippen molar-refractivity contribution in [2.75, 3.05) is 5.73 Å². The van der Waals surface area contributed by atoms with Gasteiger partial charge in [0.2, 0.25) is 0 Å². The Morgan fingerprint density at radius 2 is 1.35 bits per heavy atom. The highest BCUT2D eigenvalue weighted by Gasteiger charge is 2.33. The van der Waals surface area contributed by atoms with Crippen molar-refractivity contribution in [2.24, 2.45) is 0 Å². The second-order valence-electron chi connectivity index (χ2n) is 10.7. The number of rotatable bonds is 3. The number of nitrogens with zero attached hydrogens (tertiary/aromatic N) is 1. The summed E-state index contributed by atoms with van der Waals surface area (Å²) in [4.78, 5) is 15.7. The van der Waals surface area contributed by atoms with Gasteiger partial charge in [0.1, 0.15) is 0 Å². The quantitative estimate of drug-likeness (QED) is 0.163. The number of alkyl halides is 3. The second kappa shape index (κ2) is 14.1. The summed E-state index contributed by atoms with van der Waals surface area (Å²) < 4.78 is 36.7. The molecule has 0 unspecified atom stereocenters. The van der Waals surface area contributed by atoms with Crippen LogP contribution in [-0.4, -0.2) is 15.9 Å². The fourth-order valence-electron chi connectivity index (χ4n) is 4.82. The summed E-state index contributed by atoms with van der Waals surface area (Å²) in [5.74, 6) is 0.136. The number of halogens is 3. The second-order valence-corrected chi connectivity index (χ2v) is 10.7. The third kappa shape index (κ3) is 9.00. The van der Waals surface area contributed by atoms with Crippen molar-refractivity contribution >= 4 is 22.4 Å². The number of nitrogen functional groups attached to an aromatic ring is 1. The van der Waals surface area contributed by atoms with E-state index >= 15 is 0 Å². The van der Waals surface area contributed by atoms with E-state index < -0.39 is 18.3 Å². The van der Waals surface area contributed by atoms with E-state index in [0.29, 0.717) is 0 Å². The molecule has 0 spiro atoms. The molecule has 7 heteroatoms. The Bertz CT molecular complexity index is 1700. The topological polar surface area (TPSA) is 76.2 Å². The number of fused-ring (bicyclic) bond motifs is 1. The molecule has 0 saturated heterocycles. The van der Waals surface area contributed by atoms with E-state index in [-0.39, 0.29) is 17.0 Å². The van der Waals surface area contributed by atoms with E-state index in [1.165, 1.54) is 39.8 Å². The lowest BCUT2D eigenvalue weighted by atomic mass is 10.0. The highest BCUT2D eigenvalue weighted by molar-refractivity contribution is 5.94. The number of carbonyl (C=O) groups excluding carboxylic acids is 1. The number of aliphatic hydroxyl groups is 1. The number of aliphatic hydroxyl groups excluding tert-OH is 1. The summed E-state index contributed by atoms with van der Waals surface area (Å²) >= 11 is 0. The monoisotopic (exact) mass is 586 g/mol. The fraction of sp³-hybridized carbons (Fsp3) is 0.222. The number of aromatic nitrogens is 1. The first-order chi connectivity index (χ1) is 20.2. The van der Waals surface area contributed by atoms with Crippen LogP contribution in [0.2, 0.25) is 0 Å². The van der Waals surface area contributed by atoms with Crippen LogP contribution >= 0.6 is 0 Å². The van der Waals surface area contributed by atoms with Crippen LogP contribution in [0.4, 0.5) is 18.9 Å².